The minimum atomic E-state index is -0.266. The second-order valence-electron chi connectivity index (χ2n) is 2.62. The van der Waals surface area contributed by atoms with Crippen LogP contribution in [0.15, 0.2) is 12.1 Å². The first-order valence-electron chi connectivity index (χ1n) is 3.61. The van der Waals surface area contributed by atoms with Crippen LogP contribution < -0.4 is 0 Å². The largest absolute Gasteiger partial charge is 0.452 e. The third-order valence-electron chi connectivity index (χ3n) is 2.04. The molecule has 0 radical (unpaired) electrons. The van der Waals surface area contributed by atoms with E-state index < -0.39 is 0 Å². The Hall–Kier alpha value is -1.25. The summed E-state index contributed by atoms with van der Waals surface area (Å²) in [6.45, 7) is 0. The molecule has 1 aromatic heterocycles. The van der Waals surface area contributed by atoms with Crippen LogP contribution in [0.2, 0.25) is 0 Å². The van der Waals surface area contributed by atoms with Crippen LogP contribution in [0.4, 0.5) is 4.79 Å². The Morgan fingerprint density at radius 1 is 1.45 bits per heavy atom. The van der Waals surface area contributed by atoms with E-state index in [0.29, 0.717) is 0 Å². The predicted octanol–water partition coefficient (Wildman–Crippen LogP) is 1.20. The van der Waals surface area contributed by atoms with Crippen molar-refractivity contribution in [1.82, 2.24) is 4.57 Å². The van der Waals surface area contributed by atoms with Gasteiger partial charge >= 0.3 is 6.09 Å². The van der Waals surface area contributed by atoms with Crippen molar-refractivity contribution < 1.29 is 9.53 Å². The molecule has 0 spiro atoms. The van der Waals surface area contributed by atoms with Gasteiger partial charge in [0.25, 0.3) is 0 Å². The van der Waals surface area contributed by atoms with E-state index in [9.17, 15) is 4.79 Å². The highest BCUT2D eigenvalue weighted by Gasteiger charge is 2.20. The van der Waals surface area contributed by atoms with Gasteiger partial charge in [-0.05, 0) is 25.0 Å². The van der Waals surface area contributed by atoms with Crippen molar-refractivity contribution in [3.63, 3.8) is 0 Å². The van der Waals surface area contributed by atoms with Crippen molar-refractivity contribution in [3.05, 3.63) is 23.5 Å². The average molecular weight is 151 g/mol. The van der Waals surface area contributed by atoms with Gasteiger partial charge in [-0.3, -0.25) is 4.57 Å². The molecular weight excluding hydrogens is 142 g/mol. The summed E-state index contributed by atoms with van der Waals surface area (Å²) in [6, 6.07) is 3.94. The number of rotatable bonds is 0. The number of nitrogens with zero attached hydrogens (tertiary/aromatic N) is 1. The maximum absolute atomic E-state index is 11.1. The molecule has 1 aliphatic heterocycles. The van der Waals surface area contributed by atoms with Crippen LogP contribution in [-0.2, 0) is 17.6 Å². The molecule has 0 saturated carbocycles. The van der Waals surface area contributed by atoms with E-state index >= 15 is 0 Å². The minimum Gasteiger partial charge on any atom is -0.452 e. The van der Waals surface area contributed by atoms with Gasteiger partial charge in [0.05, 0.1) is 7.11 Å². The van der Waals surface area contributed by atoms with E-state index in [1.54, 1.807) is 4.57 Å². The lowest BCUT2D eigenvalue weighted by Gasteiger charge is -2.00. The first kappa shape index (κ1) is 6.46. The van der Waals surface area contributed by atoms with Gasteiger partial charge in [-0.25, -0.2) is 4.79 Å². The molecule has 11 heavy (non-hydrogen) atoms. The van der Waals surface area contributed by atoms with Gasteiger partial charge in [0, 0.05) is 11.4 Å². The molecule has 1 aromatic rings. The van der Waals surface area contributed by atoms with E-state index in [0.717, 1.165) is 24.2 Å². The highest BCUT2D eigenvalue weighted by Crippen LogP contribution is 2.20. The molecule has 0 fully saturated rings. The lowest BCUT2D eigenvalue weighted by Crippen LogP contribution is -2.11. The third kappa shape index (κ3) is 0.770. The lowest BCUT2D eigenvalue weighted by atomic mass is 10.2. The van der Waals surface area contributed by atoms with Crippen molar-refractivity contribution in [2.75, 3.05) is 7.11 Å². The maximum Gasteiger partial charge on any atom is 0.418 e. The van der Waals surface area contributed by atoms with Gasteiger partial charge in [-0.2, -0.15) is 0 Å². The molecule has 0 amide bonds. The predicted molar refractivity (Wildman–Crippen MR) is 39.6 cm³/mol. The molecule has 0 N–H and O–H groups in total. The smallest absolute Gasteiger partial charge is 0.418 e. The molecule has 0 aliphatic carbocycles. The Balaban J connectivity index is 2.45. The molecule has 58 valence electrons. The quantitative estimate of drug-likeness (QED) is 0.558. The highest BCUT2D eigenvalue weighted by molar-refractivity contribution is 5.73. The van der Waals surface area contributed by atoms with Crippen LogP contribution in [0, 0.1) is 0 Å². The highest BCUT2D eigenvalue weighted by atomic mass is 16.5. The van der Waals surface area contributed by atoms with Crippen LogP contribution in [0.3, 0.4) is 0 Å². The number of methoxy groups -OCH3 is 1. The van der Waals surface area contributed by atoms with Crippen LogP contribution in [-0.4, -0.2) is 17.8 Å². The number of aryl methyl sites for hydroxylation is 2. The normalized spacial score (nSPS) is 13.5. The topological polar surface area (TPSA) is 31.2 Å². The van der Waals surface area contributed by atoms with Crippen LogP contribution in [0.5, 0.6) is 0 Å². The zero-order chi connectivity index (χ0) is 7.84. The number of carbonyl (C=O) groups excluding carboxylic acids is 1. The van der Waals surface area contributed by atoms with Crippen molar-refractivity contribution in [2.24, 2.45) is 0 Å². The third-order valence-corrected chi connectivity index (χ3v) is 2.04. The van der Waals surface area contributed by atoms with E-state index in [1.807, 2.05) is 12.1 Å². The molecule has 0 saturated heterocycles. The van der Waals surface area contributed by atoms with Crippen molar-refractivity contribution in [1.29, 1.82) is 0 Å². The van der Waals surface area contributed by atoms with Crippen molar-refractivity contribution >= 4 is 6.09 Å². The molecule has 0 atom stereocenters. The molecule has 0 aromatic carbocycles. The van der Waals surface area contributed by atoms with E-state index in [2.05, 4.69) is 4.74 Å². The molecule has 2 bridgehead atoms. The number of hydrogen-bond donors (Lipinski definition) is 0. The number of carbonyl (C=O) groups is 1. The van der Waals surface area contributed by atoms with Gasteiger partial charge < -0.3 is 4.74 Å². The molecule has 3 heteroatoms. The molecular formula is C8H9NO2. The maximum atomic E-state index is 11.1. The molecule has 2 heterocycles. The Morgan fingerprint density at radius 3 is 2.36 bits per heavy atom. The van der Waals surface area contributed by atoms with E-state index in [4.69, 9.17) is 0 Å². The van der Waals surface area contributed by atoms with Gasteiger partial charge in [0.2, 0.25) is 0 Å². The van der Waals surface area contributed by atoms with Crippen LogP contribution in [0.25, 0.3) is 0 Å². The monoisotopic (exact) mass is 151 g/mol. The average Bonchev–Trinajstić information content (AvgIpc) is 2.61. The summed E-state index contributed by atoms with van der Waals surface area (Å²) in [7, 11) is 1.40. The molecule has 1 aliphatic rings. The molecule has 3 nitrogen and oxygen atoms in total. The fourth-order valence-corrected chi connectivity index (χ4v) is 1.50. The molecule has 0 unspecified atom stereocenters. The van der Waals surface area contributed by atoms with Gasteiger partial charge in [0.15, 0.2) is 0 Å². The van der Waals surface area contributed by atoms with Gasteiger partial charge in [-0.1, -0.05) is 0 Å². The Kier molecular flexibility index (Phi) is 1.24. The summed E-state index contributed by atoms with van der Waals surface area (Å²) in [5.74, 6) is 0. The second kappa shape index (κ2) is 2.12. The number of fused-ring (bicyclic) bond motifs is 2. The Labute approximate surface area is 64.6 Å². The summed E-state index contributed by atoms with van der Waals surface area (Å²) in [5.41, 5.74) is 2.12. The zero-order valence-corrected chi connectivity index (χ0v) is 6.33. The SMILES string of the molecule is COC(=O)n1c2ccc1CC2. The number of aromatic nitrogens is 1. The first-order valence-corrected chi connectivity index (χ1v) is 3.61. The molecule has 2 rings (SSSR count). The first-order chi connectivity index (χ1) is 5.33. The van der Waals surface area contributed by atoms with Crippen LogP contribution in [0.1, 0.15) is 11.4 Å². The summed E-state index contributed by atoms with van der Waals surface area (Å²) in [5, 5.41) is 0. The standard InChI is InChI=1S/C8H9NO2/c1-11-8(10)9-6-2-3-7(9)5-4-6/h2-3H,4-5H2,1H3. The Bertz CT molecular complexity index is 280. The summed E-state index contributed by atoms with van der Waals surface area (Å²) in [4.78, 5) is 11.1. The van der Waals surface area contributed by atoms with Crippen molar-refractivity contribution in [3.8, 4) is 0 Å². The van der Waals surface area contributed by atoms with Gasteiger partial charge in [-0.15, -0.1) is 0 Å². The fraction of sp³-hybridized carbons (Fsp3) is 0.375. The summed E-state index contributed by atoms with van der Waals surface area (Å²) < 4.78 is 6.26. The van der Waals surface area contributed by atoms with Crippen LogP contribution >= 0.6 is 0 Å². The minimum absolute atomic E-state index is 0.266. The summed E-state index contributed by atoms with van der Waals surface area (Å²) in [6.07, 6.45) is 1.68. The summed E-state index contributed by atoms with van der Waals surface area (Å²) >= 11 is 0. The number of ether oxygens (including phenoxy) is 1. The fourth-order valence-electron chi connectivity index (χ4n) is 1.50. The zero-order valence-electron chi connectivity index (χ0n) is 6.33. The lowest BCUT2D eigenvalue weighted by molar-refractivity contribution is 0.172. The number of hydrogen-bond acceptors (Lipinski definition) is 2. The van der Waals surface area contributed by atoms with E-state index in [-0.39, 0.29) is 6.09 Å². The Morgan fingerprint density at radius 2 is 2.00 bits per heavy atom. The van der Waals surface area contributed by atoms with E-state index in [1.165, 1.54) is 7.11 Å². The van der Waals surface area contributed by atoms with Crippen molar-refractivity contribution in [2.45, 2.75) is 12.8 Å². The van der Waals surface area contributed by atoms with Gasteiger partial charge in [0.1, 0.15) is 0 Å². The second-order valence-corrected chi connectivity index (χ2v) is 2.62.